The Morgan fingerprint density at radius 1 is 1.45 bits per heavy atom. The van der Waals surface area contributed by atoms with Gasteiger partial charge in [0, 0.05) is 11.6 Å². The Hall–Kier alpha value is -0.690. The van der Waals surface area contributed by atoms with Gasteiger partial charge in [0.15, 0.2) is 0 Å². The van der Waals surface area contributed by atoms with Crippen LogP contribution in [-0.4, -0.2) is 19.4 Å². The molecule has 0 radical (unpaired) electrons. The quantitative estimate of drug-likeness (QED) is 0.752. The van der Waals surface area contributed by atoms with Crippen LogP contribution in [0.5, 0.6) is 0 Å². The summed E-state index contributed by atoms with van der Waals surface area (Å²) in [5.74, 6) is 0. The first-order valence-electron chi connectivity index (χ1n) is 6.43. The van der Waals surface area contributed by atoms with Crippen LogP contribution in [0.4, 0.5) is 0 Å². The number of rotatable bonds is 7. The van der Waals surface area contributed by atoms with E-state index < -0.39 is 10.0 Å². The molecular weight excluding hydrogens is 316 g/mol. The molecule has 1 aromatic carbocycles. The van der Waals surface area contributed by atoms with E-state index in [1.807, 2.05) is 13.8 Å². The molecule has 0 aliphatic carbocycles. The monoisotopic (exact) mass is 334 g/mol. The van der Waals surface area contributed by atoms with Crippen LogP contribution in [-0.2, 0) is 10.0 Å². The van der Waals surface area contributed by atoms with Gasteiger partial charge in [-0.15, -0.1) is 0 Å². The van der Waals surface area contributed by atoms with Crippen LogP contribution in [0.1, 0.15) is 38.7 Å². The molecule has 4 nitrogen and oxygen atoms in total. The largest absolute Gasteiger partial charge is 0.389 e. The van der Waals surface area contributed by atoms with E-state index in [9.17, 15) is 8.42 Å². The van der Waals surface area contributed by atoms with Crippen LogP contribution < -0.4 is 10.5 Å². The van der Waals surface area contributed by atoms with Crippen molar-refractivity contribution in [3.8, 4) is 0 Å². The molecule has 0 heterocycles. The summed E-state index contributed by atoms with van der Waals surface area (Å²) in [6, 6.07) is 4.37. The van der Waals surface area contributed by atoms with Gasteiger partial charge in [-0.25, -0.2) is 13.1 Å². The van der Waals surface area contributed by atoms with Crippen LogP contribution >= 0.6 is 23.8 Å². The lowest BCUT2D eigenvalue weighted by molar-refractivity contribution is 0.512. The minimum atomic E-state index is -3.63. The average molecular weight is 335 g/mol. The van der Waals surface area contributed by atoms with Gasteiger partial charge in [-0.1, -0.05) is 50.2 Å². The molecule has 0 saturated carbocycles. The number of nitrogens with one attached hydrogen (secondary N) is 1. The molecule has 0 aromatic heterocycles. The number of hydrogen-bond acceptors (Lipinski definition) is 3. The van der Waals surface area contributed by atoms with Gasteiger partial charge in [0.25, 0.3) is 0 Å². The van der Waals surface area contributed by atoms with E-state index in [1.54, 1.807) is 6.07 Å². The van der Waals surface area contributed by atoms with E-state index in [0.29, 0.717) is 5.56 Å². The molecule has 112 valence electrons. The van der Waals surface area contributed by atoms with E-state index in [0.717, 1.165) is 19.3 Å². The van der Waals surface area contributed by atoms with Gasteiger partial charge in [0.1, 0.15) is 9.88 Å². The molecular formula is C13H19ClN2O2S2. The fraction of sp³-hybridized carbons (Fsp3) is 0.462. The van der Waals surface area contributed by atoms with E-state index in [-0.39, 0.29) is 20.9 Å². The smallest absolute Gasteiger partial charge is 0.242 e. The van der Waals surface area contributed by atoms with Gasteiger partial charge >= 0.3 is 0 Å². The summed E-state index contributed by atoms with van der Waals surface area (Å²) in [5.41, 5.74) is 6.04. The van der Waals surface area contributed by atoms with Crippen LogP contribution in [0, 0.1) is 0 Å². The normalized spacial score (nSPS) is 13.2. The van der Waals surface area contributed by atoms with Crippen molar-refractivity contribution in [1.29, 1.82) is 0 Å². The molecule has 7 heteroatoms. The van der Waals surface area contributed by atoms with Crippen molar-refractivity contribution in [3.05, 3.63) is 28.8 Å². The highest BCUT2D eigenvalue weighted by molar-refractivity contribution is 7.89. The third-order valence-electron chi connectivity index (χ3n) is 2.96. The van der Waals surface area contributed by atoms with Crippen molar-refractivity contribution in [1.82, 2.24) is 4.72 Å². The SMILES string of the molecule is CCCC(CC)NS(=O)(=O)c1ccc(C(N)=S)cc1Cl. The second kappa shape index (κ2) is 7.36. The summed E-state index contributed by atoms with van der Waals surface area (Å²) in [6.07, 6.45) is 2.43. The summed E-state index contributed by atoms with van der Waals surface area (Å²) >= 11 is 10.9. The van der Waals surface area contributed by atoms with Crippen LogP contribution in [0.3, 0.4) is 0 Å². The number of nitrogens with two attached hydrogens (primary N) is 1. The summed E-state index contributed by atoms with van der Waals surface area (Å²) in [7, 11) is -3.63. The Bertz CT molecular complexity index is 588. The molecule has 1 unspecified atom stereocenters. The number of thiocarbonyl (C=S) groups is 1. The van der Waals surface area contributed by atoms with E-state index >= 15 is 0 Å². The molecule has 1 rings (SSSR count). The lowest BCUT2D eigenvalue weighted by Gasteiger charge is -2.17. The highest BCUT2D eigenvalue weighted by atomic mass is 35.5. The molecule has 1 atom stereocenters. The van der Waals surface area contributed by atoms with Crippen molar-refractivity contribution in [2.75, 3.05) is 0 Å². The molecule has 0 amide bonds. The zero-order chi connectivity index (χ0) is 15.3. The molecule has 0 fully saturated rings. The van der Waals surface area contributed by atoms with Crippen LogP contribution in [0.15, 0.2) is 23.1 Å². The van der Waals surface area contributed by atoms with Gasteiger partial charge in [0.2, 0.25) is 10.0 Å². The summed E-state index contributed by atoms with van der Waals surface area (Å²) in [6.45, 7) is 3.96. The predicted molar refractivity (Wildman–Crippen MR) is 86.6 cm³/mol. The maximum absolute atomic E-state index is 12.3. The maximum atomic E-state index is 12.3. The molecule has 0 saturated heterocycles. The van der Waals surface area contributed by atoms with Crippen molar-refractivity contribution >= 4 is 38.8 Å². The van der Waals surface area contributed by atoms with Gasteiger partial charge in [-0.3, -0.25) is 0 Å². The fourth-order valence-corrected chi connectivity index (χ4v) is 3.88. The second-order valence-electron chi connectivity index (χ2n) is 4.52. The second-order valence-corrected chi connectivity index (χ2v) is 7.05. The van der Waals surface area contributed by atoms with Gasteiger partial charge in [-0.05, 0) is 25.0 Å². The lowest BCUT2D eigenvalue weighted by atomic mass is 10.1. The number of sulfonamides is 1. The number of benzene rings is 1. The fourth-order valence-electron chi connectivity index (χ4n) is 1.85. The Kier molecular flexibility index (Phi) is 6.39. The Morgan fingerprint density at radius 3 is 2.55 bits per heavy atom. The molecule has 0 aliphatic rings. The molecule has 20 heavy (non-hydrogen) atoms. The predicted octanol–water partition coefficient (Wildman–Crippen LogP) is 2.83. The standard InChI is InChI=1S/C13H19ClN2O2S2/c1-3-5-10(4-2)16-20(17,18)12-7-6-9(13(15)19)8-11(12)14/h6-8,10,16H,3-5H2,1-2H3,(H2,15,19). The molecule has 3 N–H and O–H groups in total. The lowest BCUT2D eigenvalue weighted by Crippen LogP contribution is -2.34. The van der Waals surface area contributed by atoms with E-state index in [1.165, 1.54) is 12.1 Å². The first-order valence-corrected chi connectivity index (χ1v) is 8.70. The number of halogens is 1. The minimum Gasteiger partial charge on any atom is -0.389 e. The van der Waals surface area contributed by atoms with Gasteiger partial charge in [0.05, 0.1) is 5.02 Å². The van der Waals surface area contributed by atoms with Gasteiger partial charge in [-0.2, -0.15) is 0 Å². The Balaban J connectivity index is 3.06. The summed E-state index contributed by atoms with van der Waals surface area (Å²) < 4.78 is 27.3. The first kappa shape index (κ1) is 17.4. The zero-order valence-corrected chi connectivity index (χ0v) is 13.9. The Labute approximate surface area is 130 Å². The summed E-state index contributed by atoms with van der Waals surface area (Å²) in [4.78, 5) is 0.231. The summed E-state index contributed by atoms with van der Waals surface area (Å²) in [5, 5.41) is 0.120. The third kappa shape index (κ3) is 4.41. The minimum absolute atomic E-state index is 0.0497. The number of hydrogen-bond donors (Lipinski definition) is 2. The highest BCUT2D eigenvalue weighted by Crippen LogP contribution is 2.23. The van der Waals surface area contributed by atoms with Crippen molar-refractivity contribution < 1.29 is 8.42 Å². The zero-order valence-electron chi connectivity index (χ0n) is 11.5. The van der Waals surface area contributed by atoms with E-state index in [2.05, 4.69) is 4.72 Å². The van der Waals surface area contributed by atoms with E-state index in [4.69, 9.17) is 29.6 Å². The Morgan fingerprint density at radius 2 is 2.10 bits per heavy atom. The van der Waals surface area contributed by atoms with Crippen LogP contribution in [0.25, 0.3) is 0 Å². The van der Waals surface area contributed by atoms with Crippen molar-refractivity contribution in [3.63, 3.8) is 0 Å². The first-order chi connectivity index (χ1) is 9.31. The molecule has 0 bridgehead atoms. The van der Waals surface area contributed by atoms with Crippen LogP contribution in [0.2, 0.25) is 5.02 Å². The highest BCUT2D eigenvalue weighted by Gasteiger charge is 2.21. The molecule has 0 spiro atoms. The molecule has 0 aliphatic heterocycles. The average Bonchev–Trinajstić information content (AvgIpc) is 2.37. The topological polar surface area (TPSA) is 72.2 Å². The van der Waals surface area contributed by atoms with Crippen molar-refractivity contribution in [2.24, 2.45) is 5.73 Å². The van der Waals surface area contributed by atoms with Crippen molar-refractivity contribution in [2.45, 2.75) is 44.0 Å². The maximum Gasteiger partial charge on any atom is 0.242 e. The third-order valence-corrected chi connectivity index (χ3v) is 5.20. The van der Waals surface area contributed by atoms with Gasteiger partial charge < -0.3 is 5.73 Å². The molecule has 1 aromatic rings.